The molecule has 16 heavy (non-hydrogen) atoms. The Kier molecular flexibility index (Phi) is 4.36. The first-order valence-electron chi connectivity index (χ1n) is 6.26. The Labute approximate surface area is 99.1 Å². The van der Waals surface area contributed by atoms with Gasteiger partial charge in [0, 0.05) is 6.54 Å². The number of hydrogen-bond donors (Lipinski definition) is 0. The number of hydrogen-bond acceptors (Lipinski definition) is 3. The fourth-order valence-corrected chi connectivity index (χ4v) is 2.11. The fourth-order valence-electron chi connectivity index (χ4n) is 2.11. The zero-order valence-electron chi connectivity index (χ0n) is 11.2. The quantitative estimate of drug-likeness (QED) is 0.679. The van der Waals surface area contributed by atoms with Gasteiger partial charge in [0.25, 0.3) is 0 Å². The van der Waals surface area contributed by atoms with E-state index in [0.717, 1.165) is 13.1 Å². The second-order valence-electron chi connectivity index (χ2n) is 5.95. The number of piperidine rings is 1. The van der Waals surface area contributed by atoms with Gasteiger partial charge in [0.1, 0.15) is 11.6 Å². The fraction of sp³-hybridized carbons (Fsp3) is 0.923. The van der Waals surface area contributed by atoms with E-state index in [2.05, 4.69) is 11.8 Å². The van der Waals surface area contributed by atoms with Crippen LogP contribution in [0.25, 0.3) is 0 Å². The number of rotatable bonds is 2. The number of esters is 1. The third kappa shape index (κ3) is 4.12. The first-order valence-corrected chi connectivity index (χ1v) is 6.26. The van der Waals surface area contributed by atoms with E-state index in [0.29, 0.717) is 5.92 Å². The molecule has 94 valence electrons. The average molecular weight is 227 g/mol. The van der Waals surface area contributed by atoms with Gasteiger partial charge in [-0.2, -0.15) is 0 Å². The monoisotopic (exact) mass is 227 g/mol. The van der Waals surface area contributed by atoms with Gasteiger partial charge in [0.2, 0.25) is 0 Å². The molecule has 1 aliphatic rings. The summed E-state index contributed by atoms with van der Waals surface area (Å²) in [6.45, 7) is 12.0. The maximum absolute atomic E-state index is 11.9. The van der Waals surface area contributed by atoms with E-state index < -0.39 is 0 Å². The highest BCUT2D eigenvalue weighted by Gasteiger charge is 2.29. The van der Waals surface area contributed by atoms with Gasteiger partial charge in [-0.15, -0.1) is 0 Å². The number of nitrogens with zero attached hydrogens (tertiary/aromatic N) is 1. The lowest BCUT2D eigenvalue weighted by Crippen LogP contribution is -2.46. The van der Waals surface area contributed by atoms with Crippen molar-refractivity contribution in [3.05, 3.63) is 0 Å². The molecule has 1 heterocycles. The summed E-state index contributed by atoms with van der Waals surface area (Å²) >= 11 is 0. The molecule has 1 saturated heterocycles. The molecule has 1 rings (SSSR count). The van der Waals surface area contributed by atoms with Crippen LogP contribution in [0.5, 0.6) is 0 Å². The summed E-state index contributed by atoms with van der Waals surface area (Å²) in [6, 6.07) is -0.109. The van der Waals surface area contributed by atoms with E-state index in [4.69, 9.17) is 4.74 Å². The first kappa shape index (κ1) is 13.5. The Balaban J connectivity index is 2.49. The Hall–Kier alpha value is -0.570. The van der Waals surface area contributed by atoms with Crippen molar-refractivity contribution in [2.24, 2.45) is 5.92 Å². The second-order valence-corrected chi connectivity index (χ2v) is 5.95. The minimum Gasteiger partial charge on any atom is -0.459 e. The van der Waals surface area contributed by atoms with E-state index in [1.54, 1.807) is 0 Å². The molecular weight excluding hydrogens is 202 g/mol. The lowest BCUT2D eigenvalue weighted by molar-refractivity contribution is -0.161. The molecule has 2 atom stereocenters. The summed E-state index contributed by atoms with van der Waals surface area (Å²) in [7, 11) is 0. The molecule has 0 aromatic rings. The van der Waals surface area contributed by atoms with Crippen molar-refractivity contribution in [1.82, 2.24) is 4.90 Å². The second kappa shape index (κ2) is 5.17. The molecule has 0 saturated carbocycles. The molecule has 0 aromatic carbocycles. The van der Waals surface area contributed by atoms with Crippen LogP contribution < -0.4 is 0 Å². The van der Waals surface area contributed by atoms with Crippen LogP contribution in [0.15, 0.2) is 0 Å². The van der Waals surface area contributed by atoms with Crippen LogP contribution in [0.3, 0.4) is 0 Å². The molecule has 2 unspecified atom stereocenters. The van der Waals surface area contributed by atoms with Crippen LogP contribution in [-0.2, 0) is 9.53 Å². The van der Waals surface area contributed by atoms with Crippen molar-refractivity contribution in [2.75, 3.05) is 13.1 Å². The van der Waals surface area contributed by atoms with Crippen molar-refractivity contribution < 1.29 is 9.53 Å². The van der Waals surface area contributed by atoms with Crippen LogP contribution in [0, 0.1) is 5.92 Å². The minimum absolute atomic E-state index is 0.0957. The van der Waals surface area contributed by atoms with E-state index in [1.807, 2.05) is 27.7 Å². The van der Waals surface area contributed by atoms with Gasteiger partial charge < -0.3 is 4.74 Å². The molecule has 0 bridgehead atoms. The predicted octanol–water partition coefficient (Wildman–Crippen LogP) is 2.45. The maximum Gasteiger partial charge on any atom is 0.323 e. The third-order valence-corrected chi connectivity index (χ3v) is 2.98. The SMILES string of the molecule is CC1CCCN(C(C)C(=O)OC(C)(C)C)C1. The summed E-state index contributed by atoms with van der Waals surface area (Å²) in [5.41, 5.74) is -0.382. The molecular formula is C13H25NO2. The zero-order chi connectivity index (χ0) is 12.3. The van der Waals surface area contributed by atoms with E-state index in [1.165, 1.54) is 12.8 Å². The van der Waals surface area contributed by atoms with Crippen molar-refractivity contribution >= 4 is 5.97 Å². The van der Waals surface area contributed by atoms with Gasteiger partial charge in [0.05, 0.1) is 0 Å². The van der Waals surface area contributed by atoms with Gasteiger partial charge in [-0.3, -0.25) is 9.69 Å². The smallest absolute Gasteiger partial charge is 0.323 e. The van der Waals surface area contributed by atoms with E-state index in [-0.39, 0.29) is 17.6 Å². The number of likely N-dealkylation sites (tertiary alicyclic amines) is 1. The van der Waals surface area contributed by atoms with Crippen LogP contribution in [0.2, 0.25) is 0 Å². The molecule has 0 radical (unpaired) electrons. The van der Waals surface area contributed by atoms with Crippen LogP contribution in [0.1, 0.15) is 47.5 Å². The number of carbonyl (C=O) groups excluding carboxylic acids is 1. The molecule has 1 fully saturated rings. The minimum atomic E-state index is -0.382. The number of carbonyl (C=O) groups is 1. The van der Waals surface area contributed by atoms with Crippen LogP contribution in [-0.4, -0.2) is 35.6 Å². The summed E-state index contributed by atoms with van der Waals surface area (Å²) in [4.78, 5) is 14.1. The predicted molar refractivity (Wildman–Crippen MR) is 65.3 cm³/mol. The Morgan fingerprint density at radius 2 is 2.06 bits per heavy atom. The lowest BCUT2D eigenvalue weighted by atomic mass is 9.99. The molecule has 0 spiro atoms. The van der Waals surface area contributed by atoms with Gasteiger partial charge in [-0.1, -0.05) is 6.92 Å². The van der Waals surface area contributed by atoms with Gasteiger partial charge >= 0.3 is 5.97 Å². The van der Waals surface area contributed by atoms with Gasteiger partial charge in [-0.05, 0) is 53.0 Å². The highest BCUT2D eigenvalue weighted by atomic mass is 16.6. The Bertz CT molecular complexity index is 245. The molecule has 0 N–H and O–H groups in total. The summed E-state index contributed by atoms with van der Waals surface area (Å²) in [5, 5.41) is 0. The molecule has 0 amide bonds. The summed E-state index contributed by atoms with van der Waals surface area (Å²) in [5.74, 6) is 0.597. The van der Waals surface area contributed by atoms with Gasteiger partial charge in [-0.25, -0.2) is 0 Å². The summed E-state index contributed by atoms with van der Waals surface area (Å²) in [6.07, 6.45) is 2.46. The molecule has 1 aliphatic heterocycles. The standard InChI is InChI=1S/C13H25NO2/c1-10-7-6-8-14(9-10)11(2)12(15)16-13(3,4)5/h10-11H,6-9H2,1-5H3. The zero-order valence-corrected chi connectivity index (χ0v) is 11.2. The van der Waals surface area contributed by atoms with Crippen molar-refractivity contribution in [2.45, 2.75) is 59.1 Å². The Morgan fingerprint density at radius 1 is 1.44 bits per heavy atom. The topological polar surface area (TPSA) is 29.5 Å². The first-order chi connectivity index (χ1) is 7.29. The highest BCUT2D eigenvalue weighted by Crippen LogP contribution is 2.19. The highest BCUT2D eigenvalue weighted by molar-refractivity contribution is 5.75. The molecule has 3 nitrogen and oxygen atoms in total. The third-order valence-electron chi connectivity index (χ3n) is 2.98. The largest absolute Gasteiger partial charge is 0.459 e. The Morgan fingerprint density at radius 3 is 2.56 bits per heavy atom. The maximum atomic E-state index is 11.9. The van der Waals surface area contributed by atoms with Crippen molar-refractivity contribution in [3.63, 3.8) is 0 Å². The summed E-state index contributed by atoms with van der Waals surface area (Å²) < 4.78 is 5.41. The number of ether oxygens (including phenoxy) is 1. The molecule has 3 heteroatoms. The molecule has 0 aliphatic carbocycles. The van der Waals surface area contributed by atoms with Crippen LogP contribution in [0.4, 0.5) is 0 Å². The van der Waals surface area contributed by atoms with E-state index in [9.17, 15) is 4.79 Å². The van der Waals surface area contributed by atoms with Crippen molar-refractivity contribution in [1.29, 1.82) is 0 Å². The average Bonchev–Trinajstić information content (AvgIpc) is 2.14. The normalized spacial score (nSPS) is 25.2. The van der Waals surface area contributed by atoms with Gasteiger partial charge in [0.15, 0.2) is 0 Å². The van der Waals surface area contributed by atoms with Crippen molar-refractivity contribution in [3.8, 4) is 0 Å². The van der Waals surface area contributed by atoms with Crippen LogP contribution >= 0.6 is 0 Å². The van der Waals surface area contributed by atoms with E-state index >= 15 is 0 Å². The lowest BCUT2D eigenvalue weighted by Gasteiger charge is -2.35. The molecule has 0 aromatic heterocycles.